The number of rotatable bonds is 3. The highest BCUT2D eigenvalue weighted by molar-refractivity contribution is 6.31. The average molecular weight is 300 g/mol. The number of hydrogen-bond donors (Lipinski definition) is 0. The Hall–Kier alpha value is -0.730. The molecule has 0 spiro atoms. The fourth-order valence-electron chi connectivity index (χ4n) is 2.63. The fourth-order valence-corrected chi connectivity index (χ4v) is 3.12. The zero-order valence-corrected chi connectivity index (χ0v) is 12.7. The van der Waals surface area contributed by atoms with Gasteiger partial charge >= 0.3 is 0 Å². The molecule has 0 aliphatic carbocycles. The molecule has 1 atom stereocenters. The van der Waals surface area contributed by atoms with Crippen LogP contribution in [0.1, 0.15) is 35.2 Å². The summed E-state index contributed by atoms with van der Waals surface area (Å²) in [5.74, 6) is 1.30. The van der Waals surface area contributed by atoms with E-state index in [4.69, 9.17) is 23.2 Å². The predicted molar refractivity (Wildman–Crippen MR) is 80.2 cm³/mol. The fraction of sp³-hybridized carbons (Fsp3) is 0.533. The Morgan fingerprint density at radius 3 is 3.00 bits per heavy atom. The number of halogens is 2. The van der Waals surface area contributed by atoms with Gasteiger partial charge in [0.2, 0.25) is 0 Å². The second kappa shape index (κ2) is 6.62. The molecule has 19 heavy (non-hydrogen) atoms. The van der Waals surface area contributed by atoms with E-state index in [1.807, 2.05) is 24.0 Å². The van der Waals surface area contributed by atoms with Crippen LogP contribution >= 0.6 is 23.2 Å². The molecule has 1 amide bonds. The summed E-state index contributed by atoms with van der Waals surface area (Å²) in [6.07, 6.45) is 3.22. The van der Waals surface area contributed by atoms with Gasteiger partial charge in [-0.3, -0.25) is 4.79 Å². The summed E-state index contributed by atoms with van der Waals surface area (Å²) in [4.78, 5) is 14.5. The van der Waals surface area contributed by atoms with Crippen LogP contribution in [0, 0.1) is 12.8 Å². The largest absolute Gasteiger partial charge is 0.338 e. The predicted octanol–water partition coefficient (Wildman–Crippen LogP) is 4.13. The van der Waals surface area contributed by atoms with Gasteiger partial charge in [-0.25, -0.2) is 0 Å². The van der Waals surface area contributed by atoms with Crippen molar-refractivity contribution in [2.24, 2.45) is 5.92 Å². The third-order valence-corrected chi connectivity index (χ3v) is 4.21. The molecule has 1 heterocycles. The van der Waals surface area contributed by atoms with Gasteiger partial charge in [0.05, 0.1) is 0 Å². The summed E-state index contributed by atoms with van der Waals surface area (Å²) < 4.78 is 0. The topological polar surface area (TPSA) is 20.3 Å². The summed E-state index contributed by atoms with van der Waals surface area (Å²) >= 11 is 11.8. The van der Waals surface area contributed by atoms with Crippen LogP contribution in [0.4, 0.5) is 0 Å². The second-order valence-electron chi connectivity index (χ2n) is 5.20. The first-order valence-electron chi connectivity index (χ1n) is 6.73. The highest BCUT2D eigenvalue weighted by Crippen LogP contribution is 2.23. The van der Waals surface area contributed by atoms with E-state index in [2.05, 4.69) is 0 Å². The minimum absolute atomic E-state index is 0.0965. The van der Waals surface area contributed by atoms with Crippen LogP contribution in [0.3, 0.4) is 0 Å². The van der Waals surface area contributed by atoms with Gasteiger partial charge in [-0.05, 0) is 49.8 Å². The molecule has 0 radical (unpaired) electrons. The first kappa shape index (κ1) is 14.7. The maximum absolute atomic E-state index is 12.6. The number of amides is 1. The van der Waals surface area contributed by atoms with Gasteiger partial charge in [-0.2, -0.15) is 0 Å². The van der Waals surface area contributed by atoms with Gasteiger partial charge in [-0.15, -0.1) is 11.6 Å². The zero-order valence-electron chi connectivity index (χ0n) is 11.2. The minimum atomic E-state index is 0.0965. The number of aryl methyl sites for hydroxylation is 1. The molecule has 0 saturated carbocycles. The van der Waals surface area contributed by atoms with Gasteiger partial charge < -0.3 is 4.90 Å². The number of benzene rings is 1. The summed E-state index contributed by atoms with van der Waals surface area (Å²) in [7, 11) is 0. The Balaban J connectivity index is 2.12. The number of carbonyl (C=O) groups excluding carboxylic acids is 1. The highest BCUT2D eigenvalue weighted by atomic mass is 35.5. The second-order valence-corrected chi connectivity index (χ2v) is 6.01. The molecule has 2 nitrogen and oxygen atoms in total. The molecule has 1 aliphatic heterocycles. The van der Waals surface area contributed by atoms with Crippen molar-refractivity contribution in [3.05, 3.63) is 34.3 Å². The number of alkyl halides is 1. The van der Waals surface area contributed by atoms with Gasteiger partial charge in [0.1, 0.15) is 0 Å². The molecule has 1 aromatic carbocycles. The Morgan fingerprint density at radius 2 is 2.26 bits per heavy atom. The molecule has 1 aliphatic rings. The first-order valence-corrected chi connectivity index (χ1v) is 7.64. The molecular formula is C15H19Cl2NO. The van der Waals surface area contributed by atoms with Crippen LogP contribution in [0.15, 0.2) is 18.2 Å². The SMILES string of the molecule is Cc1ccc(Cl)cc1C(=O)N1CCCC(CCCl)C1. The maximum Gasteiger partial charge on any atom is 0.254 e. The number of likely N-dealkylation sites (tertiary alicyclic amines) is 1. The van der Waals surface area contributed by atoms with Crippen molar-refractivity contribution < 1.29 is 4.79 Å². The van der Waals surface area contributed by atoms with Gasteiger partial charge in [0.25, 0.3) is 5.91 Å². The molecule has 0 bridgehead atoms. The summed E-state index contributed by atoms with van der Waals surface area (Å²) in [5, 5.41) is 0.614. The Kier molecular flexibility index (Phi) is 5.12. The molecule has 104 valence electrons. The smallest absolute Gasteiger partial charge is 0.254 e. The van der Waals surface area contributed by atoms with Gasteiger partial charge in [0.15, 0.2) is 0 Å². The third kappa shape index (κ3) is 3.64. The Morgan fingerprint density at radius 1 is 1.47 bits per heavy atom. The number of piperidine rings is 1. The Bertz CT molecular complexity index is 459. The quantitative estimate of drug-likeness (QED) is 0.769. The molecule has 1 fully saturated rings. The van der Waals surface area contributed by atoms with Crippen LogP contribution in [0.5, 0.6) is 0 Å². The van der Waals surface area contributed by atoms with Gasteiger partial charge in [0, 0.05) is 29.6 Å². The van der Waals surface area contributed by atoms with E-state index >= 15 is 0 Å². The molecule has 1 unspecified atom stereocenters. The summed E-state index contributed by atoms with van der Waals surface area (Å²) in [5.41, 5.74) is 1.70. The van der Waals surface area contributed by atoms with Crippen LogP contribution < -0.4 is 0 Å². The lowest BCUT2D eigenvalue weighted by Gasteiger charge is -2.33. The monoisotopic (exact) mass is 299 g/mol. The lowest BCUT2D eigenvalue weighted by atomic mass is 9.94. The first-order chi connectivity index (χ1) is 9.11. The lowest BCUT2D eigenvalue weighted by molar-refractivity contribution is 0.0671. The minimum Gasteiger partial charge on any atom is -0.338 e. The number of carbonyl (C=O) groups is 1. The highest BCUT2D eigenvalue weighted by Gasteiger charge is 2.25. The average Bonchev–Trinajstić information content (AvgIpc) is 2.41. The van der Waals surface area contributed by atoms with E-state index in [1.54, 1.807) is 6.07 Å². The molecule has 2 rings (SSSR count). The number of nitrogens with zero attached hydrogens (tertiary/aromatic N) is 1. The van der Waals surface area contributed by atoms with E-state index in [9.17, 15) is 4.79 Å². The molecule has 0 N–H and O–H groups in total. The van der Waals surface area contributed by atoms with Crippen molar-refractivity contribution in [3.8, 4) is 0 Å². The molecule has 1 saturated heterocycles. The third-order valence-electron chi connectivity index (χ3n) is 3.75. The van der Waals surface area contributed by atoms with E-state index in [0.29, 0.717) is 16.8 Å². The standard InChI is InChI=1S/C15H19Cl2NO/c1-11-4-5-13(17)9-14(11)15(19)18-8-2-3-12(10-18)6-7-16/h4-5,9,12H,2-3,6-8,10H2,1H3. The molecule has 4 heteroatoms. The van der Waals surface area contributed by atoms with E-state index in [-0.39, 0.29) is 5.91 Å². The normalized spacial score (nSPS) is 19.5. The van der Waals surface area contributed by atoms with Crippen LogP contribution in [0.25, 0.3) is 0 Å². The van der Waals surface area contributed by atoms with Gasteiger partial charge in [-0.1, -0.05) is 17.7 Å². The number of hydrogen-bond acceptors (Lipinski definition) is 1. The molecule has 1 aromatic rings. The maximum atomic E-state index is 12.6. The summed E-state index contributed by atoms with van der Waals surface area (Å²) in [6.45, 7) is 3.60. The van der Waals surface area contributed by atoms with Crippen LogP contribution in [-0.2, 0) is 0 Å². The van der Waals surface area contributed by atoms with Crippen molar-refractivity contribution in [1.82, 2.24) is 4.90 Å². The van der Waals surface area contributed by atoms with E-state index in [1.165, 1.54) is 6.42 Å². The Labute approximate surface area is 124 Å². The summed E-state index contributed by atoms with van der Waals surface area (Å²) in [6, 6.07) is 5.49. The molecular weight excluding hydrogens is 281 g/mol. The lowest BCUT2D eigenvalue weighted by Crippen LogP contribution is -2.40. The van der Waals surface area contributed by atoms with E-state index in [0.717, 1.165) is 37.1 Å². The van der Waals surface area contributed by atoms with Crippen molar-refractivity contribution in [2.75, 3.05) is 19.0 Å². The van der Waals surface area contributed by atoms with Crippen molar-refractivity contribution in [3.63, 3.8) is 0 Å². The van der Waals surface area contributed by atoms with Crippen LogP contribution in [-0.4, -0.2) is 29.8 Å². The van der Waals surface area contributed by atoms with Crippen molar-refractivity contribution >= 4 is 29.1 Å². The van der Waals surface area contributed by atoms with Crippen molar-refractivity contribution in [1.29, 1.82) is 0 Å². The molecule has 0 aromatic heterocycles. The van der Waals surface area contributed by atoms with Crippen molar-refractivity contribution in [2.45, 2.75) is 26.2 Å². The van der Waals surface area contributed by atoms with E-state index < -0.39 is 0 Å². The van der Waals surface area contributed by atoms with Crippen LogP contribution in [0.2, 0.25) is 5.02 Å². The zero-order chi connectivity index (χ0) is 13.8.